The van der Waals surface area contributed by atoms with E-state index in [0.29, 0.717) is 6.42 Å². The van der Waals surface area contributed by atoms with Crippen LogP contribution in [0.4, 0.5) is 0 Å². The fraction of sp³-hybridized carbons (Fsp3) is 0.857. The molecule has 5 heteroatoms. The van der Waals surface area contributed by atoms with Crippen LogP contribution in [0, 0.1) is 0 Å². The van der Waals surface area contributed by atoms with E-state index >= 15 is 0 Å². The molecule has 0 bridgehead atoms. The molecule has 0 fully saturated rings. The molecule has 0 heterocycles. The number of unbranched alkanes of at least 4 members (excludes halogenated alkanes) is 21. The van der Waals surface area contributed by atoms with Gasteiger partial charge in [-0.3, -0.25) is 4.55 Å². The van der Waals surface area contributed by atoms with Crippen LogP contribution in [0.25, 0.3) is 0 Å². The van der Waals surface area contributed by atoms with Crippen LogP contribution in [0.15, 0.2) is 29.2 Å². The molecule has 47 heavy (non-hydrogen) atoms. The summed E-state index contributed by atoms with van der Waals surface area (Å²) in [5.41, 5.74) is 0.726. The second-order valence-corrected chi connectivity index (χ2v) is 21.1. The summed E-state index contributed by atoms with van der Waals surface area (Å²) < 4.78 is 31.8. The van der Waals surface area contributed by atoms with E-state index in [2.05, 4.69) is 34.6 Å². The van der Waals surface area contributed by atoms with Crippen molar-refractivity contribution in [2.24, 2.45) is 0 Å². The molecule has 0 radical (unpaired) electrons. The zero-order valence-corrected chi connectivity index (χ0v) is 34.2. The number of aryl methyl sites for hydroxylation is 1. The number of rotatable bonds is 32. The van der Waals surface area contributed by atoms with Crippen molar-refractivity contribution in [3.8, 4) is 0 Å². The molecule has 0 saturated carbocycles. The summed E-state index contributed by atoms with van der Waals surface area (Å²) >= 11 is 0. The van der Waals surface area contributed by atoms with Crippen LogP contribution >= 0.6 is 7.26 Å². The molecular formula is C42H83O3PS. The van der Waals surface area contributed by atoms with Crippen LogP contribution in [0.3, 0.4) is 0 Å². The van der Waals surface area contributed by atoms with E-state index in [4.69, 9.17) is 0 Å². The van der Waals surface area contributed by atoms with Crippen molar-refractivity contribution in [3.05, 3.63) is 29.8 Å². The standard InChI is InChI=1S/C24H53P.C18H30O3S/c1-5-9-13-17-21-25(22-18-14-10-6-2,23-19-15-11-7-3)24-20-16-12-8-4;1-2-3-4-5-6-7-8-9-10-11-14-17-15-12-13-16-18(17)22(19,20)21/h25H,5-24H2,1-4H3;12-13,15-16H,2-11,14H2,1H3,(H,19,20,21). The average molecular weight is 699 g/mol. The van der Waals surface area contributed by atoms with E-state index in [1.807, 2.05) is 6.07 Å². The molecule has 0 spiro atoms. The summed E-state index contributed by atoms with van der Waals surface area (Å²) in [7, 11) is -5.09. The van der Waals surface area contributed by atoms with Crippen molar-refractivity contribution >= 4 is 17.4 Å². The van der Waals surface area contributed by atoms with Gasteiger partial charge in [0, 0.05) is 0 Å². The van der Waals surface area contributed by atoms with Gasteiger partial charge in [-0.05, 0) is 24.5 Å². The van der Waals surface area contributed by atoms with Crippen LogP contribution in [0.1, 0.15) is 207 Å². The minimum absolute atomic E-state index is 0.0610. The third-order valence-electron chi connectivity index (χ3n) is 10.3. The third kappa shape index (κ3) is 27.0. The van der Waals surface area contributed by atoms with Crippen molar-refractivity contribution in [1.82, 2.24) is 0 Å². The average Bonchev–Trinajstić information content (AvgIpc) is 3.06. The Hall–Kier alpha value is -0.440. The second-order valence-electron chi connectivity index (χ2n) is 14.8. The molecular weight excluding hydrogens is 616 g/mol. The molecule has 0 aliphatic rings. The van der Waals surface area contributed by atoms with E-state index in [9.17, 15) is 13.0 Å². The normalized spacial score (nSPS) is 12.2. The van der Waals surface area contributed by atoms with Gasteiger partial charge in [0.1, 0.15) is 0 Å². The summed E-state index contributed by atoms with van der Waals surface area (Å²) in [5, 5.41) is 0. The van der Waals surface area contributed by atoms with Gasteiger partial charge in [-0.25, -0.2) is 0 Å². The molecule has 0 unspecified atom stereocenters. The SMILES string of the molecule is CCCCCCCCCCCCc1ccccc1S(=O)(=O)O.CCCCCC[PH](CCCCCC)(CCCCCC)CCCCCC. The van der Waals surface area contributed by atoms with Crippen LogP contribution in [0.5, 0.6) is 0 Å². The maximum atomic E-state index is 11.3. The third-order valence-corrected chi connectivity index (χ3v) is 16.9. The molecule has 0 aliphatic carbocycles. The van der Waals surface area contributed by atoms with Gasteiger partial charge in [0.05, 0.1) is 4.90 Å². The van der Waals surface area contributed by atoms with Gasteiger partial charge in [-0.15, -0.1) is 0 Å². The fourth-order valence-corrected chi connectivity index (χ4v) is 13.5. The summed E-state index contributed by atoms with van der Waals surface area (Å²) in [6.07, 6.45) is 43.6. The Balaban J connectivity index is 0.000000907. The molecule has 3 nitrogen and oxygen atoms in total. The number of hydrogen-bond donors (Lipinski definition) is 1. The Morgan fingerprint density at radius 2 is 0.745 bits per heavy atom. The molecule has 280 valence electrons. The second kappa shape index (κ2) is 32.7. The first-order valence-corrected chi connectivity index (χ1v) is 25.1. The van der Waals surface area contributed by atoms with Gasteiger partial charge < -0.3 is 0 Å². The first-order chi connectivity index (χ1) is 22.8. The van der Waals surface area contributed by atoms with Gasteiger partial charge >= 0.3 is 162 Å². The molecule has 0 aromatic heterocycles. The van der Waals surface area contributed by atoms with E-state index in [-0.39, 0.29) is 4.90 Å². The van der Waals surface area contributed by atoms with Gasteiger partial charge in [0.15, 0.2) is 0 Å². The molecule has 0 amide bonds. The van der Waals surface area contributed by atoms with Crippen molar-refractivity contribution in [2.45, 2.75) is 213 Å². The van der Waals surface area contributed by atoms with Crippen LogP contribution < -0.4 is 0 Å². The fourth-order valence-electron chi connectivity index (χ4n) is 7.22. The van der Waals surface area contributed by atoms with Crippen LogP contribution in [-0.2, 0) is 16.5 Å². The first-order valence-electron chi connectivity index (χ1n) is 20.9. The summed E-state index contributed by atoms with van der Waals surface area (Å²) in [6.45, 7) is 11.6. The molecule has 1 aromatic carbocycles. The molecule has 1 rings (SSSR count). The molecule has 1 N–H and O–H groups in total. The summed E-state index contributed by atoms with van der Waals surface area (Å²) in [4.78, 5) is 0.0610. The molecule has 1 aromatic rings. The Labute approximate surface area is 296 Å². The van der Waals surface area contributed by atoms with Crippen molar-refractivity contribution in [1.29, 1.82) is 0 Å². The van der Waals surface area contributed by atoms with E-state index in [1.54, 1.807) is 62.5 Å². The molecule has 0 atom stereocenters. The zero-order valence-electron chi connectivity index (χ0n) is 32.4. The predicted molar refractivity (Wildman–Crippen MR) is 216 cm³/mol. The van der Waals surface area contributed by atoms with E-state index in [0.717, 1.165) is 18.4 Å². The Morgan fingerprint density at radius 1 is 0.447 bits per heavy atom. The van der Waals surface area contributed by atoms with Gasteiger partial charge in [-0.1, -0.05) is 82.9 Å². The number of benzene rings is 1. The summed E-state index contributed by atoms with van der Waals surface area (Å²) in [5.74, 6) is 0. The topological polar surface area (TPSA) is 54.4 Å². The van der Waals surface area contributed by atoms with Gasteiger partial charge in [0.25, 0.3) is 10.1 Å². The van der Waals surface area contributed by atoms with E-state index < -0.39 is 17.4 Å². The van der Waals surface area contributed by atoms with Crippen LogP contribution in [-0.4, -0.2) is 37.6 Å². The zero-order chi connectivity index (χ0) is 34.9. The Kier molecular flexibility index (Phi) is 32.4. The predicted octanol–water partition coefficient (Wildman–Crippen LogP) is 14.5. The van der Waals surface area contributed by atoms with Crippen molar-refractivity contribution in [2.75, 3.05) is 24.6 Å². The maximum absolute atomic E-state index is 11.3. The first kappa shape index (κ1) is 46.6. The number of hydrogen-bond acceptors (Lipinski definition) is 2. The van der Waals surface area contributed by atoms with Crippen molar-refractivity contribution in [3.63, 3.8) is 0 Å². The monoisotopic (exact) mass is 699 g/mol. The minimum atomic E-state index is -4.10. The quantitative estimate of drug-likeness (QED) is 0.0463. The van der Waals surface area contributed by atoms with Crippen LogP contribution in [0.2, 0.25) is 0 Å². The van der Waals surface area contributed by atoms with E-state index in [1.165, 1.54) is 134 Å². The van der Waals surface area contributed by atoms with Gasteiger partial charge in [-0.2, -0.15) is 8.42 Å². The Bertz CT molecular complexity index is 847. The molecule has 0 saturated heterocycles. The molecule has 0 aliphatic heterocycles. The Morgan fingerprint density at radius 3 is 1.09 bits per heavy atom. The van der Waals surface area contributed by atoms with Crippen molar-refractivity contribution < 1.29 is 13.0 Å². The van der Waals surface area contributed by atoms with Gasteiger partial charge in [0.2, 0.25) is 0 Å². The summed E-state index contributed by atoms with van der Waals surface area (Å²) in [6, 6.07) is 6.73.